The number of aliphatic hydroxyl groups excluding tert-OH is 1. The summed E-state index contributed by atoms with van der Waals surface area (Å²) in [6.45, 7) is 1.18. The van der Waals surface area contributed by atoms with E-state index in [1.807, 2.05) is 30.3 Å². The van der Waals surface area contributed by atoms with Crippen LogP contribution in [0.3, 0.4) is 0 Å². The molecule has 1 saturated carbocycles. The van der Waals surface area contributed by atoms with E-state index < -0.39 is 0 Å². The van der Waals surface area contributed by atoms with Crippen LogP contribution >= 0.6 is 0 Å². The van der Waals surface area contributed by atoms with E-state index in [2.05, 4.69) is 20.9 Å². The molecule has 6 heteroatoms. The highest BCUT2D eigenvalue weighted by Crippen LogP contribution is 2.17. The second-order valence-corrected chi connectivity index (χ2v) is 6.47. The van der Waals surface area contributed by atoms with E-state index in [0.717, 1.165) is 18.4 Å². The molecule has 1 aliphatic carbocycles. The van der Waals surface area contributed by atoms with Crippen molar-refractivity contribution in [2.45, 2.75) is 44.1 Å². The maximum atomic E-state index is 11.9. The number of aliphatic hydroxyl groups is 1. The molecule has 6 nitrogen and oxygen atoms in total. The van der Waals surface area contributed by atoms with Crippen LogP contribution in [0.25, 0.3) is 0 Å². The van der Waals surface area contributed by atoms with Gasteiger partial charge in [-0.2, -0.15) is 0 Å². The van der Waals surface area contributed by atoms with Crippen molar-refractivity contribution in [3.05, 3.63) is 35.9 Å². The Balaban J connectivity index is 1.68. The number of guanidine groups is 1. The van der Waals surface area contributed by atoms with Crippen molar-refractivity contribution in [1.82, 2.24) is 16.0 Å². The lowest BCUT2D eigenvalue weighted by atomic mass is 10.0. The summed E-state index contributed by atoms with van der Waals surface area (Å²) in [6, 6.07) is 10.3. The number of nitrogens with zero attached hydrogens (tertiary/aromatic N) is 1. The summed E-state index contributed by atoms with van der Waals surface area (Å²) in [7, 11) is 1.70. The molecule has 0 heterocycles. The molecule has 1 aromatic rings. The molecule has 0 aromatic heterocycles. The van der Waals surface area contributed by atoms with Gasteiger partial charge in [-0.05, 0) is 18.4 Å². The molecule has 4 N–H and O–H groups in total. The van der Waals surface area contributed by atoms with Gasteiger partial charge in [0.2, 0.25) is 5.91 Å². The van der Waals surface area contributed by atoms with Crippen molar-refractivity contribution >= 4 is 11.9 Å². The summed E-state index contributed by atoms with van der Waals surface area (Å²) in [5.41, 5.74) is 1.09. The second kappa shape index (κ2) is 10.7. The average Bonchev–Trinajstić information content (AvgIpc) is 3.14. The Bertz CT molecular complexity index is 542. The summed E-state index contributed by atoms with van der Waals surface area (Å²) in [4.78, 5) is 16.1. The minimum atomic E-state index is 0.00501. The number of rotatable bonds is 8. The van der Waals surface area contributed by atoms with Crippen LogP contribution in [0.5, 0.6) is 0 Å². The third-order valence-electron chi connectivity index (χ3n) is 4.60. The largest absolute Gasteiger partial charge is 0.396 e. The fourth-order valence-electron chi connectivity index (χ4n) is 3.12. The zero-order valence-electron chi connectivity index (χ0n) is 15.0. The molecule has 1 aliphatic rings. The lowest BCUT2D eigenvalue weighted by Gasteiger charge is -2.18. The molecule has 2 rings (SSSR count). The number of hydrogen-bond acceptors (Lipinski definition) is 3. The first-order valence-electron chi connectivity index (χ1n) is 9.12. The number of amides is 1. The lowest BCUT2D eigenvalue weighted by Crippen LogP contribution is -2.42. The van der Waals surface area contributed by atoms with Crippen LogP contribution in [-0.2, 0) is 4.79 Å². The first-order chi connectivity index (χ1) is 12.2. The molecule has 0 aliphatic heterocycles. The number of carbonyl (C=O) groups excluding carboxylic acids is 1. The minimum absolute atomic E-state index is 0.00501. The smallest absolute Gasteiger partial charge is 0.221 e. The van der Waals surface area contributed by atoms with Crippen molar-refractivity contribution in [3.8, 4) is 0 Å². The van der Waals surface area contributed by atoms with Crippen LogP contribution in [0, 0.1) is 0 Å². The predicted octanol–water partition coefficient (Wildman–Crippen LogP) is 1.38. The second-order valence-electron chi connectivity index (χ2n) is 6.47. The molecule has 1 atom stereocenters. The van der Waals surface area contributed by atoms with Crippen molar-refractivity contribution in [2.75, 3.05) is 26.7 Å². The summed E-state index contributed by atoms with van der Waals surface area (Å²) in [5.74, 6) is 0.737. The summed E-state index contributed by atoms with van der Waals surface area (Å²) in [5, 5.41) is 19.0. The van der Waals surface area contributed by atoms with Gasteiger partial charge in [0, 0.05) is 38.5 Å². The van der Waals surface area contributed by atoms with Crippen molar-refractivity contribution in [3.63, 3.8) is 0 Å². The number of nitrogens with one attached hydrogen (secondary N) is 3. The normalized spacial score (nSPS) is 16.5. The Labute approximate surface area is 150 Å². The Morgan fingerprint density at radius 1 is 1.24 bits per heavy atom. The third kappa shape index (κ3) is 6.74. The van der Waals surface area contributed by atoms with Crippen molar-refractivity contribution in [1.29, 1.82) is 0 Å². The molecular formula is C19H30N4O2. The average molecular weight is 346 g/mol. The van der Waals surface area contributed by atoms with Gasteiger partial charge >= 0.3 is 0 Å². The summed E-state index contributed by atoms with van der Waals surface area (Å²) >= 11 is 0. The summed E-state index contributed by atoms with van der Waals surface area (Å²) in [6.07, 6.45) is 5.06. The maximum absolute atomic E-state index is 11.9. The highest BCUT2D eigenvalue weighted by atomic mass is 16.3. The fraction of sp³-hybridized carbons (Fsp3) is 0.579. The van der Waals surface area contributed by atoms with Crippen LogP contribution in [0.15, 0.2) is 35.3 Å². The Hall–Kier alpha value is -2.08. The van der Waals surface area contributed by atoms with Crippen LogP contribution in [-0.4, -0.2) is 49.8 Å². The molecular weight excluding hydrogens is 316 g/mol. The third-order valence-corrected chi connectivity index (χ3v) is 4.60. The molecule has 1 fully saturated rings. The molecule has 0 radical (unpaired) electrons. The maximum Gasteiger partial charge on any atom is 0.221 e. The van der Waals surface area contributed by atoms with Gasteiger partial charge in [0.05, 0.1) is 6.61 Å². The Morgan fingerprint density at radius 2 is 1.96 bits per heavy atom. The number of hydrogen-bond donors (Lipinski definition) is 4. The molecule has 0 saturated heterocycles. The lowest BCUT2D eigenvalue weighted by molar-refractivity contribution is -0.121. The molecule has 138 valence electrons. The molecule has 25 heavy (non-hydrogen) atoms. The van der Waals surface area contributed by atoms with Gasteiger partial charge < -0.3 is 21.1 Å². The minimum Gasteiger partial charge on any atom is -0.396 e. The SMILES string of the molecule is CN=C(NCCC(=O)NC1CCCC1)NCC(CO)c1ccccc1. The number of benzene rings is 1. The molecule has 1 aromatic carbocycles. The van der Waals surface area contributed by atoms with E-state index in [4.69, 9.17) is 0 Å². The van der Waals surface area contributed by atoms with Crippen molar-refractivity contribution < 1.29 is 9.90 Å². The van der Waals surface area contributed by atoms with E-state index >= 15 is 0 Å². The van der Waals surface area contributed by atoms with Crippen LogP contribution < -0.4 is 16.0 Å². The highest BCUT2D eigenvalue weighted by Gasteiger charge is 2.16. The van der Waals surface area contributed by atoms with E-state index in [1.165, 1.54) is 12.8 Å². The first-order valence-corrected chi connectivity index (χ1v) is 9.12. The van der Waals surface area contributed by atoms with Crippen LogP contribution in [0.4, 0.5) is 0 Å². The molecule has 0 spiro atoms. The zero-order valence-corrected chi connectivity index (χ0v) is 15.0. The molecule has 1 amide bonds. The predicted molar refractivity (Wildman–Crippen MR) is 101 cm³/mol. The van der Waals surface area contributed by atoms with Gasteiger partial charge in [0.15, 0.2) is 5.96 Å². The highest BCUT2D eigenvalue weighted by molar-refractivity contribution is 5.81. The quantitative estimate of drug-likeness (QED) is 0.423. The Kier molecular flexibility index (Phi) is 8.25. The van der Waals surface area contributed by atoms with Crippen LogP contribution in [0.1, 0.15) is 43.6 Å². The van der Waals surface area contributed by atoms with E-state index in [1.54, 1.807) is 7.05 Å². The van der Waals surface area contributed by atoms with E-state index in [9.17, 15) is 9.90 Å². The van der Waals surface area contributed by atoms with Gasteiger partial charge in [0.1, 0.15) is 0 Å². The van der Waals surface area contributed by atoms with Gasteiger partial charge in [-0.15, -0.1) is 0 Å². The van der Waals surface area contributed by atoms with Crippen molar-refractivity contribution in [2.24, 2.45) is 4.99 Å². The van der Waals surface area contributed by atoms with Crippen LogP contribution in [0.2, 0.25) is 0 Å². The summed E-state index contributed by atoms with van der Waals surface area (Å²) < 4.78 is 0. The molecule has 1 unspecified atom stereocenters. The number of carbonyl (C=O) groups is 1. The monoisotopic (exact) mass is 346 g/mol. The van der Waals surface area contributed by atoms with Gasteiger partial charge in [0.25, 0.3) is 0 Å². The first kappa shape index (κ1) is 19.2. The fourth-order valence-corrected chi connectivity index (χ4v) is 3.12. The number of aliphatic imine (C=N–C) groups is 1. The standard InChI is InChI=1S/C19H30N4O2/c1-20-19(21-12-11-18(25)23-17-9-5-6-10-17)22-13-16(14-24)15-7-3-2-4-8-15/h2-4,7-8,16-17,24H,5-6,9-14H2,1H3,(H,23,25)(H2,20,21,22). The van der Waals surface area contributed by atoms with Gasteiger partial charge in [-0.3, -0.25) is 9.79 Å². The van der Waals surface area contributed by atoms with E-state index in [-0.39, 0.29) is 18.4 Å². The van der Waals surface area contributed by atoms with E-state index in [0.29, 0.717) is 31.5 Å². The molecule has 0 bridgehead atoms. The Morgan fingerprint density at radius 3 is 2.60 bits per heavy atom. The van der Waals surface area contributed by atoms with Gasteiger partial charge in [-0.1, -0.05) is 43.2 Å². The zero-order chi connectivity index (χ0) is 17.9. The van der Waals surface area contributed by atoms with Gasteiger partial charge in [-0.25, -0.2) is 0 Å². The topological polar surface area (TPSA) is 85.8 Å².